The average Bonchev–Trinajstić information content (AvgIpc) is 3.24. The number of aromatic hydroxyl groups is 1. The van der Waals surface area contributed by atoms with Gasteiger partial charge in [-0.2, -0.15) is 0 Å². The summed E-state index contributed by atoms with van der Waals surface area (Å²) >= 11 is 4.92. The van der Waals surface area contributed by atoms with Gasteiger partial charge in [0.25, 0.3) is 5.69 Å². The van der Waals surface area contributed by atoms with Gasteiger partial charge in [-0.05, 0) is 99.3 Å². The number of non-ortho nitro benzene ring substituents is 1. The van der Waals surface area contributed by atoms with Gasteiger partial charge in [-0.1, -0.05) is 149 Å². The normalized spacial score (nSPS) is 10.4. The fraction of sp³-hybridized carbons (Fsp3) is 0.200. The molecule has 0 saturated heterocycles. The van der Waals surface area contributed by atoms with Crippen molar-refractivity contribution in [2.75, 3.05) is 13.1 Å². The molecule has 0 aliphatic carbocycles. The highest BCUT2D eigenvalue weighted by Gasteiger charge is 2.11. The molecule has 0 spiro atoms. The third-order valence-electron chi connectivity index (χ3n) is 9.29. The van der Waals surface area contributed by atoms with Crippen LogP contribution in [0.3, 0.4) is 0 Å². The number of nitrogens with one attached hydrogen (secondary N) is 1. The lowest BCUT2D eigenvalue weighted by atomic mass is 10.0. The SMILES string of the molecule is CC(C)c1ccccc1O.CC(C)c1ccccc1OC(=O)NCCc1ccc2ccccc2c1.NCCc1ccc2ccccc2c1.O=C(Cl)Oc1ccc([N+](=O)[O-])cc1. The largest absolute Gasteiger partial charge is 0.508 e. The summed E-state index contributed by atoms with van der Waals surface area (Å²) in [5.74, 6) is 1.91. The molecule has 61 heavy (non-hydrogen) atoms. The van der Waals surface area contributed by atoms with Crippen molar-refractivity contribution in [2.24, 2.45) is 5.73 Å². The summed E-state index contributed by atoms with van der Waals surface area (Å²) in [6.07, 6.45) is 1.32. The van der Waals surface area contributed by atoms with Gasteiger partial charge in [0, 0.05) is 30.3 Å². The quantitative estimate of drug-likeness (QED) is 0.0698. The van der Waals surface area contributed by atoms with Gasteiger partial charge in [0.05, 0.1) is 4.92 Å². The number of benzene rings is 7. The number of hydrogen-bond acceptors (Lipinski definition) is 8. The number of nitro groups is 1. The zero-order valence-electron chi connectivity index (χ0n) is 34.8. The van der Waals surface area contributed by atoms with Crippen LogP contribution >= 0.6 is 11.6 Å². The molecule has 0 saturated carbocycles. The molecule has 0 radical (unpaired) electrons. The van der Waals surface area contributed by atoms with Crippen molar-refractivity contribution in [1.82, 2.24) is 5.32 Å². The number of phenolic OH excluding ortho intramolecular Hbond substituents is 1. The molecule has 0 fully saturated rings. The van der Waals surface area contributed by atoms with Gasteiger partial charge >= 0.3 is 11.5 Å². The van der Waals surface area contributed by atoms with Crippen LogP contribution in [0.2, 0.25) is 0 Å². The fourth-order valence-corrected chi connectivity index (χ4v) is 6.24. The van der Waals surface area contributed by atoms with Gasteiger partial charge in [-0.3, -0.25) is 10.1 Å². The van der Waals surface area contributed by atoms with Crippen molar-refractivity contribution in [1.29, 1.82) is 0 Å². The average molecular weight is 842 g/mol. The Kier molecular flexibility index (Phi) is 18.7. The molecule has 7 aromatic rings. The lowest BCUT2D eigenvalue weighted by molar-refractivity contribution is -0.384. The number of nitro benzene ring substituents is 1. The summed E-state index contributed by atoms with van der Waals surface area (Å²) in [7, 11) is 0. The van der Waals surface area contributed by atoms with Crippen molar-refractivity contribution in [3.05, 3.63) is 190 Å². The number of nitrogens with zero attached hydrogens (tertiary/aromatic N) is 1. The number of para-hydroxylation sites is 2. The van der Waals surface area contributed by atoms with E-state index in [-0.39, 0.29) is 11.4 Å². The van der Waals surface area contributed by atoms with Crippen molar-refractivity contribution >= 4 is 50.4 Å². The first kappa shape index (κ1) is 46.9. The van der Waals surface area contributed by atoms with Crippen LogP contribution in [-0.2, 0) is 12.8 Å². The number of amides is 1. The van der Waals surface area contributed by atoms with E-state index in [9.17, 15) is 24.8 Å². The maximum atomic E-state index is 12.1. The summed E-state index contributed by atoms with van der Waals surface area (Å²) in [4.78, 5) is 32.0. The van der Waals surface area contributed by atoms with Crippen LogP contribution in [0.15, 0.2) is 158 Å². The Morgan fingerprint density at radius 3 is 1.64 bits per heavy atom. The minimum Gasteiger partial charge on any atom is -0.508 e. The standard InChI is InChI=1S/C22H23NO2.C12H13N.C9H12O.C7H4ClNO4/c1-16(2)20-9-5-6-10-21(20)25-22(24)23-14-13-17-11-12-18-7-3-4-8-19(18)15-17;13-8-7-10-5-6-11-3-1-2-4-12(11)9-10;1-7(2)8-5-3-4-6-9(8)10;8-7(10)13-6-3-1-5(2-4-6)9(11)12/h3-12,15-16H,13-14H2,1-2H3,(H,23,24);1-6,9H,7-8,13H2;3-7,10H,1-2H3;1-4H. The molecule has 0 aliphatic rings. The second-order valence-corrected chi connectivity index (χ2v) is 14.8. The molecule has 7 rings (SSSR count). The number of halogens is 1. The Balaban J connectivity index is 0.000000193. The molecule has 0 atom stereocenters. The number of phenols is 1. The fourth-order valence-electron chi connectivity index (χ4n) is 6.15. The topological polar surface area (TPSA) is 154 Å². The minimum atomic E-state index is -0.978. The minimum absolute atomic E-state index is 0.0747. The predicted molar refractivity (Wildman–Crippen MR) is 246 cm³/mol. The highest BCUT2D eigenvalue weighted by atomic mass is 35.5. The first-order valence-electron chi connectivity index (χ1n) is 19.9. The van der Waals surface area contributed by atoms with Crippen molar-refractivity contribution < 1.29 is 29.1 Å². The van der Waals surface area contributed by atoms with E-state index in [0.717, 1.165) is 30.5 Å². The number of rotatable bonds is 10. The molecule has 316 valence electrons. The molecular weight excluding hydrogens is 790 g/mol. The van der Waals surface area contributed by atoms with Crippen LogP contribution in [0.4, 0.5) is 15.3 Å². The molecule has 10 nitrogen and oxygen atoms in total. The number of carbonyl (C=O) groups is 2. The van der Waals surface area contributed by atoms with Crippen LogP contribution in [-0.4, -0.2) is 34.6 Å². The number of hydrogen-bond donors (Lipinski definition) is 3. The zero-order valence-corrected chi connectivity index (χ0v) is 35.5. The van der Waals surface area contributed by atoms with E-state index in [4.69, 9.17) is 22.1 Å². The highest BCUT2D eigenvalue weighted by molar-refractivity contribution is 6.61. The molecule has 0 heterocycles. The third-order valence-corrected chi connectivity index (χ3v) is 9.37. The lowest BCUT2D eigenvalue weighted by Crippen LogP contribution is -2.29. The van der Waals surface area contributed by atoms with E-state index >= 15 is 0 Å². The van der Waals surface area contributed by atoms with Crippen molar-refractivity contribution in [2.45, 2.75) is 52.4 Å². The third kappa shape index (κ3) is 15.7. The van der Waals surface area contributed by atoms with Crippen LogP contribution in [0.25, 0.3) is 21.5 Å². The number of fused-ring (bicyclic) bond motifs is 2. The maximum absolute atomic E-state index is 12.1. The molecular formula is C50H52ClN3O7. The second kappa shape index (κ2) is 24.4. The van der Waals surface area contributed by atoms with Crippen LogP contribution in [0.1, 0.15) is 61.8 Å². The van der Waals surface area contributed by atoms with Gasteiger partial charge in [-0.15, -0.1) is 0 Å². The Morgan fingerprint density at radius 1 is 0.656 bits per heavy atom. The molecule has 0 aliphatic heterocycles. The molecule has 11 heteroatoms. The van der Waals surface area contributed by atoms with Gasteiger partial charge < -0.3 is 25.6 Å². The van der Waals surface area contributed by atoms with Crippen molar-refractivity contribution in [3.63, 3.8) is 0 Å². The highest BCUT2D eigenvalue weighted by Crippen LogP contribution is 2.26. The molecule has 7 aromatic carbocycles. The Morgan fingerprint density at radius 2 is 1.15 bits per heavy atom. The second-order valence-electron chi connectivity index (χ2n) is 14.5. The van der Waals surface area contributed by atoms with Gasteiger partial charge in [0.15, 0.2) is 0 Å². The maximum Gasteiger partial charge on any atom is 0.412 e. The van der Waals surface area contributed by atoms with Crippen LogP contribution in [0.5, 0.6) is 17.2 Å². The Labute approximate surface area is 362 Å². The van der Waals surface area contributed by atoms with E-state index in [1.165, 1.54) is 56.9 Å². The number of ether oxygens (including phenoxy) is 2. The summed E-state index contributed by atoms with van der Waals surface area (Å²) in [6.45, 7) is 9.56. The molecule has 0 unspecified atom stereocenters. The summed E-state index contributed by atoms with van der Waals surface area (Å²) in [6, 6.07) is 49.7. The Bertz CT molecular complexity index is 2490. The van der Waals surface area contributed by atoms with Gasteiger partial charge in [0.2, 0.25) is 0 Å². The molecule has 0 bridgehead atoms. The zero-order chi connectivity index (χ0) is 44.1. The van der Waals surface area contributed by atoms with E-state index in [2.05, 4.69) is 111 Å². The number of nitrogens with two attached hydrogens (primary N) is 1. The monoisotopic (exact) mass is 841 g/mol. The van der Waals surface area contributed by atoms with E-state index in [1.54, 1.807) is 6.07 Å². The summed E-state index contributed by atoms with van der Waals surface area (Å²) in [5.41, 5.74) is 9.02. The van der Waals surface area contributed by atoms with Gasteiger partial charge in [0.1, 0.15) is 17.2 Å². The lowest BCUT2D eigenvalue weighted by Gasteiger charge is -2.13. The molecule has 1 amide bonds. The molecule has 0 aromatic heterocycles. The first-order chi connectivity index (χ1) is 29.3. The van der Waals surface area contributed by atoms with Crippen LogP contribution < -0.4 is 20.5 Å². The van der Waals surface area contributed by atoms with E-state index in [0.29, 0.717) is 29.9 Å². The van der Waals surface area contributed by atoms with E-state index < -0.39 is 16.4 Å². The first-order valence-corrected chi connectivity index (χ1v) is 20.3. The molecule has 4 N–H and O–H groups in total. The van der Waals surface area contributed by atoms with Gasteiger partial charge in [-0.25, -0.2) is 9.59 Å². The predicted octanol–water partition coefficient (Wildman–Crippen LogP) is 12.5. The summed E-state index contributed by atoms with van der Waals surface area (Å²) in [5, 5.41) is 27.4. The number of carbonyl (C=O) groups excluding carboxylic acids is 2. The summed E-state index contributed by atoms with van der Waals surface area (Å²) < 4.78 is 9.92. The Hall–Kier alpha value is -6.75. The van der Waals surface area contributed by atoms with Crippen molar-refractivity contribution in [3.8, 4) is 17.2 Å². The van der Waals surface area contributed by atoms with E-state index in [1.807, 2.05) is 54.6 Å². The van der Waals surface area contributed by atoms with Crippen LogP contribution in [0, 0.1) is 10.1 Å². The smallest absolute Gasteiger partial charge is 0.412 e.